The van der Waals surface area contributed by atoms with E-state index in [2.05, 4.69) is 36.1 Å². The van der Waals surface area contributed by atoms with Crippen LogP contribution in [0.2, 0.25) is 0 Å². The molecule has 0 saturated carbocycles. The minimum Gasteiger partial charge on any atom is -0.299 e. The van der Waals surface area contributed by atoms with Crippen molar-refractivity contribution in [3.05, 3.63) is 16.5 Å². The highest BCUT2D eigenvalue weighted by Crippen LogP contribution is 2.19. The van der Waals surface area contributed by atoms with Crippen LogP contribution in [-0.2, 0) is 13.1 Å². The number of aromatic nitrogens is 5. The fourth-order valence-corrected chi connectivity index (χ4v) is 2.22. The molecule has 18 heavy (non-hydrogen) atoms. The molecule has 0 aliphatic carbocycles. The number of aromatic amines is 1. The molecule has 0 spiro atoms. The topological polar surface area (TPSA) is 51.4 Å². The molecule has 0 aliphatic rings. The molecular formula is C12H19N5S. The summed E-state index contributed by atoms with van der Waals surface area (Å²) in [4.78, 5) is 0. The first kappa shape index (κ1) is 13.0. The van der Waals surface area contributed by atoms with Crippen LogP contribution in [-0.4, -0.2) is 24.5 Å². The van der Waals surface area contributed by atoms with Gasteiger partial charge in [-0.05, 0) is 38.0 Å². The second-order valence-corrected chi connectivity index (χ2v) is 5.23. The summed E-state index contributed by atoms with van der Waals surface area (Å²) in [6, 6.07) is 2.05. The van der Waals surface area contributed by atoms with Gasteiger partial charge in [-0.3, -0.25) is 14.3 Å². The standard InChI is InChI=1S/C12H19N5S/c1-5-17-10(6-9(4)15-17)11-13-14-12(18)16(11)7-8(2)3/h6,8H,5,7H2,1-4H3,(H,14,18). The van der Waals surface area contributed by atoms with Crippen molar-refractivity contribution in [1.29, 1.82) is 0 Å². The lowest BCUT2D eigenvalue weighted by molar-refractivity contribution is 0.519. The van der Waals surface area contributed by atoms with Gasteiger partial charge < -0.3 is 0 Å². The summed E-state index contributed by atoms with van der Waals surface area (Å²) >= 11 is 5.29. The van der Waals surface area contributed by atoms with E-state index in [0.29, 0.717) is 10.7 Å². The molecule has 5 nitrogen and oxygen atoms in total. The Bertz CT molecular complexity index is 590. The van der Waals surface area contributed by atoms with Crippen molar-refractivity contribution in [1.82, 2.24) is 24.5 Å². The van der Waals surface area contributed by atoms with E-state index >= 15 is 0 Å². The number of aryl methyl sites for hydroxylation is 2. The Morgan fingerprint density at radius 2 is 2.17 bits per heavy atom. The zero-order valence-corrected chi connectivity index (χ0v) is 12.1. The van der Waals surface area contributed by atoms with Gasteiger partial charge in [0.05, 0.1) is 5.69 Å². The fourth-order valence-electron chi connectivity index (χ4n) is 2.01. The Morgan fingerprint density at radius 1 is 1.44 bits per heavy atom. The molecule has 0 fully saturated rings. The van der Waals surface area contributed by atoms with E-state index in [9.17, 15) is 0 Å². The highest BCUT2D eigenvalue weighted by atomic mass is 32.1. The zero-order chi connectivity index (χ0) is 13.3. The number of nitrogens with zero attached hydrogens (tertiary/aromatic N) is 4. The van der Waals surface area contributed by atoms with Gasteiger partial charge in [-0.2, -0.15) is 10.2 Å². The minimum atomic E-state index is 0.521. The average Bonchev–Trinajstić information content (AvgIpc) is 2.83. The van der Waals surface area contributed by atoms with Crippen LogP contribution in [0.5, 0.6) is 0 Å². The van der Waals surface area contributed by atoms with E-state index < -0.39 is 0 Å². The fraction of sp³-hybridized carbons (Fsp3) is 0.583. The number of hydrogen-bond donors (Lipinski definition) is 1. The van der Waals surface area contributed by atoms with E-state index in [4.69, 9.17) is 12.2 Å². The lowest BCUT2D eigenvalue weighted by atomic mass is 10.2. The van der Waals surface area contributed by atoms with Crippen molar-refractivity contribution in [3.8, 4) is 11.5 Å². The lowest BCUT2D eigenvalue weighted by Crippen LogP contribution is -2.09. The van der Waals surface area contributed by atoms with Gasteiger partial charge >= 0.3 is 0 Å². The first-order valence-corrected chi connectivity index (χ1v) is 6.63. The maximum Gasteiger partial charge on any atom is 0.195 e. The van der Waals surface area contributed by atoms with Gasteiger partial charge in [-0.1, -0.05) is 13.8 Å². The van der Waals surface area contributed by atoms with Crippen LogP contribution in [0.3, 0.4) is 0 Å². The largest absolute Gasteiger partial charge is 0.299 e. The molecule has 0 atom stereocenters. The molecule has 0 unspecified atom stereocenters. The summed E-state index contributed by atoms with van der Waals surface area (Å²) in [7, 11) is 0. The monoisotopic (exact) mass is 265 g/mol. The summed E-state index contributed by atoms with van der Waals surface area (Å²) in [5.41, 5.74) is 2.01. The van der Waals surface area contributed by atoms with Crippen molar-refractivity contribution < 1.29 is 0 Å². The van der Waals surface area contributed by atoms with Crippen LogP contribution in [0.15, 0.2) is 6.07 Å². The molecule has 0 amide bonds. The summed E-state index contributed by atoms with van der Waals surface area (Å²) < 4.78 is 4.67. The van der Waals surface area contributed by atoms with E-state index in [1.54, 1.807) is 0 Å². The Hall–Kier alpha value is -1.43. The lowest BCUT2D eigenvalue weighted by Gasteiger charge is -2.09. The minimum absolute atomic E-state index is 0.521. The van der Waals surface area contributed by atoms with E-state index in [-0.39, 0.29) is 0 Å². The third kappa shape index (κ3) is 2.38. The average molecular weight is 265 g/mol. The van der Waals surface area contributed by atoms with Crippen LogP contribution in [0.25, 0.3) is 11.5 Å². The van der Waals surface area contributed by atoms with Crippen LogP contribution in [0, 0.1) is 17.6 Å². The van der Waals surface area contributed by atoms with Crippen molar-refractivity contribution in [2.24, 2.45) is 5.92 Å². The normalized spacial score (nSPS) is 11.4. The van der Waals surface area contributed by atoms with E-state index in [1.807, 2.05) is 22.2 Å². The second kappa shape index (κ2) is 5.06. The molecular weight excluding hydrogens is 246 g/mol. The molecule has 0 radical (unpaired) electrons. The van der Waals surface area contributed by atoms with Crippen LogP contribution in [0.4, 0.5) is 0 Å². The third-order valence-electron chi connectivity index (χ3n) is 2.74. The molecule has 0 bridgehead atoms. The van der Waals surface area contributed by atoms with Gasteiger partial charge in [0.25, 0.3) is 0 Å². The summed E-state index contributed by atoms with van der Waals surface area (Å²) in [6.07, 6.45) is 0. The van der Waals surface area contributed by atoms with Gasteiger partial charge in [0.2, 0.25) is 0 Å². The molecule has 2 rings (SSSR count). The predicted molar refractivity (Wildman–Crippen MR) is 73.9 cm³/mol. The molecule has 6 heteroatoms. The van der Waals surface area contributed by atoms with Crippen molar-refractivity contribution in [3.63, 3.8) is 0 Å². The predicted octanol–water partition coefficient (Wildman–Crippen LogP) is 2.79. The molecule has 1 N–H and O–H groups in total. The van der Waals surface area contributed by atoms with Gasteiger partial charge in [-0.15, -0.1) is 0 Å². The molecule has 2 aromatic rings. The molecule has 98 valence electrons. The van der Waals surface area contributed by atoms with E-state index in [0.717, 1.165) is 30.3 Å². The van der Waals surface area contributed by atoms with Crippen LogP contribution >= 0.6 is 12.2 Å². The van der Waals surface area contributed by atoms with Crippen LogP contribution < -0.4 is 0 Å². The van der Waals surface area contributed by atoms with E-state index in [1.165, 1.54) is 0 Å². The van der Waals surface area contributed by atoms with Crippen molar-refractivity contribution >= 4 is 12.2 Å². The first-order valence-electron chi connectivity index (χ1n) is 6.23. The first-order chi connectivity index (χ1) is 8.52. The molecule has 2 heterocycles. The third-order valence-corrected chi connectivity index (χ3v) is 3.05. The summed E-state index contributed by atoms with van der Waals surface area (Å²) in [6.45, 7) is 10.1. The smallest absolute Gasteiger partial charge is 0.195 e. The highest BCUT2D eigenvalue weighted by molar-refractivity contribution is 7.71. The molecule has 2 aromatic heterocycles. The zero-order valence-electron chi connectivity index (χ0n) is 11.3. The Kier molecular flexibility index (Phi) is 3.65. The molecule has 0 saturated heterocycles. The summed E-state index contributed by atoms with van der Waals surface area (Å²) in [5.74, 6) is 1.39. The second-order valence-electron chi connectivity index (χ2n) is 4.84. The van der Waals surface area contributed by atoms with Crippen molar-refractivity contribution in [2.75, 3.05) is 0 Å². The molecule has 0 aliphatic heterocycles. The van der Waals surface area contributed by atoms with Crippen molar-refractivity contribution in [2.45, 2.75) is 40.8 Å². The number of H-pyrrole nitrogens is 1. The number of nitrogens with one attached hydrogen (secondary N) is 1. The van der Waals surface area contributed by atoms with Crippen LogP contribution in [0.1, 0.15) is 26.5 Å². The maximum absolute atomic E-state index is 5.29. The highest BCUT2D eigenvalue weighted by Gasteiger charge is 2.15. The quantitative estimate of drug-likeness (QED) is 0.865. The van der Waals surface area contributed by atoms with Gasteiger partial charge in [0.15, 0.2) is 10.6 Å². The van der Waals surface area contributed by atoms with Gasteiger partial charge in [0, 0.05) is 13.1 Å². The SMILES string of the molecule is CCn1nc(C)cc1-c1n[nH]c(=S)n1CC(C)C. The molecule has 0 aromatic carbocycles. The van der Waals surface area contributed by atoms with Gasteiger partial charge in [0.1, 0.15) is 5.69 Å². The van der Waals surface area contributed by atoms with Gasteiger partial charge in [-0.25, -0.2) is 0 Å². The number of hydrogen-bond acceptors (Lipinski definition) is 3. The number of rotatable bonds is 4. The Labute approximate surface area is 112 Å². The maximum atomic E-state index is 5.29. The Morgan fingerprint density at radius 3 is 2.78 bits per heavy atom. The summed E-state index contributed by atoms with van der Waals surface area (Å²) in [5, 5.41) is 11.7. The Balaban J connectivity index is 2.53.